The van der Waals surface area contributed by atoms with Crippen LogP contribution in [-0.4, -0.2) is 13.7 Å². The van der Waals surface area contributed by atoms with E-state index in [-0.39, 0.29) is 0 Å². The monoisotopic (exact) mass is 214 g/mol. The summed E-state index contributed by atoms with van der Waals surface area (Å²) >= 11 is 0. The highest BCUT2D eigenvalue weighted by molar-refractivity contribution is 7.38. The minimum Gasteiger partial charge on any atom is -0.497 e. The maximum absolute atomic E-state index is 11.3. The summed E-state index contributed by atoms with van der Waals surface area (Å²) in [4.78, 5) is 0. The van der Waals surface area contributed by atoms with Gasteiger partial charge in [0.2, 0.25) is 0 Å². The highest BCUT2D eigenvalue weighted by atomic mass is 31.1. The fraction of sp³-hybridized carbons (Fsp3) is 0.400. The third kappa shape index (κ3) is 3.52. The van der Waals surface area contributed by atoms with Crippen LogP contribution in [0, 0.1) is 0 Å². The fourth-order valence-electron chi connectivity index (χ4n) is 1.12. The van der Waals surface area contributed by atoms with Crippen molar-refractivity contribution in [3.8, 4) is 5.75 Å². The van der Waals surface area contributed by atoms with Crippen molar-refractivity contribution >= 4 is 8.03 Å². The van der Waals surface area contributed by atoms with Gasteiger partial charge in [-0.3, -0.25) is 4.57 Å². The summed E-state index contributed by atoms with van der Waals surface area (Å²) in [5.41, 5.74) is 1.02. The van der Waals surface area contributed by atoms with E-state index < -0.39 is 8.03 Å². The van der Waals surface area contributed by atoms with Gasteiger partial charge in [-0.15, -0.1) is 0 Å². The molecule has 1 aromatic carbocycles. The van der Waals surface area contributed by atoms with E-state index in [9.17, 15) is 4.57 Å². The molecule has 0 spiro atoms. The molecule has 0 radical (unpaired) electrons. The van der Waals surface area contributed by atoms with Crippen LogP contribution < -0.4 is 4.74 Å². The second kappa shape index (κ2) is 5.84. The Labute approximate surface area is 84.9 Å². The van der Waals surface area contributed by atoms with Crippen molar-refractivity contribution < 1.29 is 13.8 Å². The molecule has 0 N–H and O–H groups in total. The van der Waals surface area contributed by atoms with Crippen molar-refractivity contribution in [3.63, 3.8) is 0 Å². The SMILES string of the molecule is CCO[PH](=O)Cc1ccc(OC)cc1. The summed E-state index contributed by atoms with van der Waals surface area (Å²) < 4.78 is 21.3. The largest absolute Gasteiger partial charge is 0.497 e. The third-order valence-corrected chi connectivity index (χ3v) is 3.12. The van der Waals surface area contributed by atoms with Crippen LogP contribution >= 0.6 is 8.03 Å². The number of benzene rings is 1. The van der Waals surface area contributed by atoms with Crippen LogP contribution in [0.3, 0.4) is 0 Å². The minimum atomic E-state index is -1.90. The van der Waals surface area contributed by atoms with Crippen molar-refractivity contribution in [2.45, 2.75) is 13.1 Å². The number of rotatable bonds is 5. The molecule has 0 aliphatic rings. The van der Waals surface area contributed by atoms with E-state index in [2.05, 4.69) is 0 Å². The molecular formula is C10H15O3P. The molecule has 1 aromatic rings. The van der Waals surface area contributed by atoms with E-state index in [4.69, 9.17) is 9.26 Å². The van der Waals surface area contributed by atoms with Gasteiger partial charge in [0.25, 0.3) is 0 Å². The Balaban J connectivity index is 2.55. The molecule has 3 nitrogen and oxygen atoms in total. The van der Waals surface area contributed by atoms with E-state index in [0.717, 1.165) is 11.3 Å². The highest BCUT2D eigenvalue weighted by Gasteiger charge is 2.00. The molecule has 0 amide bonds. The molecule has 4 heteroatoms. The Bertz CT molecular complexity index is 295. The summed E-state index contributed by atoms with van der Waals surface area (Å²) in [6.45, 7) is 2.35. The number of methoxy groups -OCH3 is 1. The summed E-state index contributed by atoms with van der Waals surface area (Å²) in [5.74, 6) is 0.810. The summed E-state index contributed by atoms with van der Waals surface area (Å²) in [5, 5.41) is 0. The molecule has 1 rings (SSSR count). The first kappa shape index (κ1) is 11.3. The third-order valence-electron chi connectivity index (χ3n) is 1.81. The maximum Gasteiger partial charge on any atom is 0.195 e. The Morgan fingerprint density at radius 2 is 1.93 bits per heavy atom. The van der Waals surface area contributed by atoms with Gasteiger partial charge < -0.3 is 9.26 Å². The molecule has 14 heavy (non-hydrogen) atoms. The first-order chi connectivity index (χ1) is 6.76. The number of hydrogen-bond acceptors (Lipinski definition) is 3. The van der Waals surface area contributed by atoms with Gasteiger partial charge in [0.1, 0.15) is 5.75 Å². The van der Waals surface area contributed by atoms with Gasteiger partial charge in [0.05, 0.1) is 13.7 Å². The van der Waals surface area contributed by atoms with Crippen molar-refractivity contribution in [2.24, 2.45) is 0 Å². The zero-order valence-electron chi connectivity index (χ0n) is 8.45. The van der Waals surface area contributed by atoms with E-state index in [1.807, 2.05) is 31.2 Å². The first-order valence-electron chi connectivity index (χ1n) is 4.54. The van der Waals surface area contributed by atoms with Gasteiger partial charge in [-0.2, -0.15) is 0 Å². The highest BCUT2D eigenvalue weighted by Crippen LogP contribution is 2.28. The number of hydrogen-bond donors (Lipinski definition) is 0. The minimum absolute atomic E-state index is 0.502. The molecule has 0 bridgehead atoms. The molecule has 78 valence electrons. The summed E-state index contributed by atoms with van der Waals surface area (Å²) in [6, 6.07) is 7.52. The molecule has 0 aliphatic carbocycles. The van der Waals surface area contributed by atoms with Crippen LogP contribution in [-0.2, 0) is 15.3 Å². The van der Waals surface area contributed by atoms with Crippen molar-refractivity contribution in [1.29, 1.82) is 0 Å². The van der Waals surface area contributed by atoms with Crippen LogP contribution in [0.2, 0.25) is 0 Å². The average molecular weight is 214 g/mol. The fourth-order valence-corrected chi connectivity index (χ4v) is 2.12. The second-order valence-electron chi connectivity index (χ2n) is 2.83. The van der Waals surface area contributed by atoms with Crippen molar-refractivity contribution in [3.05, 3.63) is 29.8 Å². The molecule has 0 aromatic heterocycles. The van der Waals surface area contributed by atoms with E-state index in [0.29, 0.717) is 12.8 Å². The van der Waals surface area contributed by atoms with Crippen molar-refractivity contribution in [1.82, 2.24) is 0 Å². The normalized spacial score (nSPS) is 12.4. The average Bonchev–Trinajstić information content (AvgIpc) is 2.19. The zero-order chi connectivity index (χ0) is 10.4. The number of ether oxygens (including phenoxy) is 1. The topological polar surface area (TPSA) is 35.5 Å². The van der Waals surface area contributed by atoms with Gasteiger partial charge in [0, 0.05) is 6.16 Å². The summed E-state index contributed by atoms with van der Waals surface area (Å²) in [6.07, 6.45) is 0.502. The zero-order valence-corrected chi connectivity index (χ0v) is 9.45. The van der Waals surface area contributed by atoms with Gasteiger partial charge in [-0.25, -0.2) is 0 Å². The predicted octanol–water partition coefficient (Wildman–Crippen LogP) is 2.71. The molecule has 0 fully saturated rings. The molecule has 0 aliphatic heterocycles. The molecular weight excluding hydrogens is 199 g/mol. The van der Waals surface area contributed by atoms with Crippen molar-refractivity contribution in [2.75, 3.05) is 13.7 Å². The van der Waals surface area contributed by atoms with Gasteiger partial charge >= 0.3 is 0 Å². The molecule has 1 atom stereocenters. The maximum atomic E-state index is 11.3. The lowest BCUT2D eigenvalue weighted by molar-refractivity contribution is 0.350. The molecule has 0 saturated carbocycles. The Morgan fingerprint density at radius 1 is 1.29 bits per heavy atom. The van der Waals surface area contributed by atoms with Crippen LogP contribution in [0.5, 0.6) is 5.75 Å². The van der Waals surface area contributed by atoms with E-state index in [1.54, 1.807) is 7.11 Å². The van der Waals surface area contributed by atoms with Gasteiger partial charge in [0.15, 0.2) is 8.03 Å². The lowest BCUT2D eigenvalue weighted by Crippen LogP contribution is -1.85. The van der Waals surface area contributed by atoms with E-state index >= 15 is 0 Å². The summed E-state index contributed by atoms with van der Waals surface area (Å²) in [7, 11) is -0.280. The smallest absolute Gasteiger partial charge is 0.195 e. The molecule has 1 unspecified atom stereocenters. The van der Waals surface area contributed by atoms with E-state index in [1.165, 1.54) is 0 Å². The Kier molecular flexibility index (Phi) is 4.71. The van der Waals surface area contributed by atoms with Crippen LogP contribution in [0.4, 0.5) is 0 Å². The lowest BCUT2D eigenvalue weighted by Gasteiger charge is -2.03. The first-order valence-corrected chi connectivity index (χ1v) is 6.07. The van der Waals surface area contributed by atoms with Crippen LogP contribution in [0.25, 0.3) is 0 Å². The Morgan fingerprint density at radius 3 is 2.43 bits per heavy atom. The predicted molar refractivity (Wildman–Crippen MR) is 57.3 cm³/mol. The Hall–Kier alpha value is -0.790. The lowest BCUT2D eigenvalue weighted by atomic mass is 10.2. The van der Waals surface area contributed by atoms with Gasteiger partial charge in [-0.05, 0) is 24.6 Å². The second-order valence-corrected chi connectivity index (χ2v) is 4.22. The quantitative estimate of drug-likeness (QED) is 0.707. The standard InChI is InChI=1S/C10H15O3P/c1-3-13-14(11)8-9-4-6-10(12-2)7-5-9/h4-7,14H,3,8H2,1-2H3. The van der Waals surface area contributed by atoms with Crippen LogP contribution in [0.15, 0.2) is 24.3 Å². The molecule has 0 heterocycles. The molecule has 0 saturated heterocycles. The van der Waals surface area contributed by atoms with Crippen LogP contribution in [0.1, 0.15) is 12.5 Å². The van der Waals surface area contributed by atoms with Gasteiger partial charge in [-0.1, -0.05) is 12.1 Å².